The summed E-state index contributed by atoms with van der Waals surface area (Å²) in [6, 6.07) is 61.5. The van der Waals surface area contributed by atoms with Crippen molar-refractivity contribution in [1.29, 1.82) is 0 Å². The van der Waals surface area contributed by atoms with Crippen molar-refractivity contribution in [2.45, 2.75) is 0 Å². The molecule has 12 rings (SSSR count). The minimum atomic E-state index is 0.540. The molecule has 0 amide bonds. The second-order valence-electron chi connectivity index (χ2n) is 14.2. The van der Waals surface area contributed by atoms with Crippen LogP contribution in [0.15, 0.2) is 185 Å². The molecule has 0 spiro atoms. The zero-order valence-electron chi connectivity index (χ0n) is 29.4. The fraction of sp³-hybridized carbons (Fsp3) is 0. The number of para-hydroxylation sites is 2. The Hall–Kier alpha value is -7.50. The predicted octanol–water partition coefficient (Wildman–Crippen LogP) is 13.5. The Bertz CT molecular complexity index is 3480. The van der Waals surface area contributed by atoms with Crippen LogP contribution in [-0.2, 0) is 0 Å². The number of fused-ring (bicyclic) bond motifs is 10. The monoisotopic (exact) mass is 703 g/mol. The Labute approximate surface area is 314 Å². The van der Waals surface area contributed by atoms with Gasteiger partial charge in [-0.1, -0.05) is 127 Å². The Balaban J connectivity index is 1.23. The van der Waals surface area contributed by atoms with E-state index >= 15 is 0 Å². The van der Waals surface area contributed by atoms with Crippen LogP contribution in [0, 0.1) is 0 Å². The van der Waals surface area contributed by atoms with E-state index in [-0.39, 0.29) is 0 Å². The Morgan fingerprint density at radius 3 is 1.91 bits per heavy atom. The minimum absolute atomic E-state index is 0.540. The molecule has 8 aromatic carbocycles. The molecule has 12 aromatic rings. The van der Waals surface area contributed by atoms with E-state index in [4.69, 9.17) is 18.8 Å². The number of nitrogens with zero attached hydrogens (tertiary/aromatic N) is 3. The van der Waals surface area contributed by atoms with Crippen LogP contribution in [0.25, 0.3) is 116 Å². The molecule has 0 bridgehead atoms. The lowest BCUT2D eigenvalue weighted by Crippen LogP contribution is -1.98. The van der Waals surface area contributed by atoms with Crippen LogP contribution in [0.5, 0.6) is 0 Å². The van der Waals surface area contributed by atoms with Crippen molar-refractivity contribution >= 4 is 76.6 Å². The van der Waals surface area contributed by atoms with Crippen LogP contribution in [0.4, 0.5) is 0 Å². The number of benzene rings is 8. The van der Waals surface area contributed by atoms with Gasteiger partial charge in [-0.2, -0.15) is 4.98 Å². The molecular formula is C50H29N3O2. The summed E-state index contributed by atoms with van der Waals surface area (Å²) in [6.45, 7) is 0. The molecule has 5 heteroatoms. The van der Waals surface area contributed by atoms with Gasteiger partial charge in [0.2, 0.25) is 5.71 Å². The van der Waals surface area contributed by atoms with Crippen molar-refractivity contribution in [2.24, 2.45) is 0 Å². The fourth-order valence-electron chi connectivity index (χ4n) is 8.47. The van der Waals surface area contributed by atoms with Crippen molar-refractivity contribution in [3.63, 3.8) is 0 Å². The van der Waals surface area contributed by atoms with Crippen LogP contribution in [0.3, 0.4) is 0 Å². The number of aromatic nitrogens is 3. The molecule has 5 nitrogen and oxygen atoms in total. The topological polar surface area (TPSA) is 57.0 Å². The third kappa shape index (κ3) is 4.53. The fourth-order valence-corrected chi connectivity index (χ4v) is 8.47. The standard InChI is InChI=1S/C50H29N3O2/c1-3-13-30(14-4-1)34-23-24-44-39(26-34)47-48(51-49(52-50(47)55-44)31-15-5-2-6-16-31)35-28-42(46-37-20-10-12-22-43(37)54-45(46)29-35)53-40-21-11-9-19-36(40)38-25-32-17-7-8-18-33(32)27-41(38)53/h1-29H. The summed E-state index contributed by atoms with van der Waals surface area (Å²) in [7, 11) is 0. The van der Waals surface area contributed by atoms with Crippen molar-refractivity contribution in [3.8, 4) is 39.5 Å². The maximum absolute atomic E-state index is 6.74. The van der Waals surface area contributed by atoms with E-state index in [9.17, 15) is 0 Å². The lowest BCUT2D eigenvalue weighted by atomic mass is 9.99. The van der Waals surface area contributed by atoms with Crippen LogP contribution in [-0.4, -0.2) is 14.5 Å². The highest BCUT2D eigenvalue weighted by atomic mass is 16.3. The summed E-state index contributed by atoms with van der Waals surface area (Å²) in [6.07, 6.45) is 0. The largest absolute Gasteiger partial charge is 0.456 e. The van der Waals surface area contributed by atoms with E-state index in [0.717, 1.165) is 83.0 Å². The summed E-state index contributed by atoms with van der Waals surface area (Å²) >= 11 is 0. The van der Waals surface area contributed by atoms with Gasteiger partial charge in [0.15, 0.2) is 5.82 Å². The van der Waals surface area contributed by atoms with Crippen molar-refractivity contribution in [3.05, 3.63) is 176 Å². The third-order valence-electron chi connectivity index (χ3n) is 11.0. The summed E-state index contributed by atoms with van der Waals surface area (Å²) in [5.74, 6) is 0.597. The van der Waals surface area contributed by atoms with Gasteiger partial charge in [0, 0.05) is 32.7 Å². The summed E-state index contributed by atoms with van der Waals surface area (Å²) in [5, 5.41) is 8.72. The first-order valence-electron chi connectivity index (χ1n) is 18.5. The molecular weight excluding hydrogens is 675 g/mol. The van der Waals surface area contributed by atoms with Gasteiger partial charge in [-0.25, -0.2) is 4.98 Å². The van der Waals surface area contributed by atoms with E-state index in [1.807, 2.05) is 54.6 Å². The van der Waals surface area contributed by atoms with E-state index in [0.29, 0.717) is 11.5 Å². The Morgan fingerprint density at radius 2 is 1.07 bits per heavy atom. The van der Waals surface area contributed by atoms with Gasteiger partial charge in [0.25, 0.3) is 0 Å². The number of furan rings is 2. The number of hydrogen-bond acceptors (Lipinski definition) is 4. The zero-order valence-corrected chi connectivity index (χ0v) is 29.4. The average Bonchev–Trinajstić information content (AvgIpc) is 3.92. The molecule has 0 N–H and O–H groups in total. The first-order valence-corrected chi connectivity index (χ1v) is 18.5. The predicted molar refractivity (Wildman–Crippen MR) is 225 cm³/mol. The molecule has 4 aromatic heterocycles. The van der Waals surface area contributed by atoms with E-state index in [2.05, 4.69) is 126 Å². The van der Waals surface area contributed by atoms with Crippen molar-refractivity contribution in [1.82, 2.24) is 14.5 Å². The van der Waals surface area contributed by atoms with Gasteiger partial charge in [-0.05, 0) is 70.4 Å². The van der Waals surface area contributed by atoms with Gasteiger partial charge in [-0.15, -0.1) is 0 Å². The number of hydrogen-bond donors (Lipinski definition) is 0. The summed E-state index contributed by atoms with van der Waals surface area (Å²) < 4.78 is 15.7. The summed E-state index contributed by atoms with van der Waals surface area (Å²) in [5.41, 5.74) is 11.0. The molecule has 256 valence electrons. The first-order chi connectivity index (χ1) is 27.2. The molecule has 4 heterocycles. The molecule has 0 radical (unpaired) electrons. The van der Waals surface area contributed by atoms with Crippen molar-refractivity contribution < 1.29 is 8.83 Å². The molecule has 0 saturated heterocycles. The van der Waals surface area contributed by atoms with Gasteiger partial charge in [0.1, 0.15) is 16.7 Å². The smallest absolute Gasteiger partial charge is 0.231 e. The molecule has 0 fully saturated rings. The van der Waals surface area contributed by atoms with Crippen LogP contribution in [0.1, 0.15) is 0 Å². The lowest BCUT2D eigenvalue weighted by molar-refractivity contribution is 0.653. The highest BCUT2D eigenvalue weighted by Gasteiger charge is 2.24. The maximum atomic E-state index is 6.74. The Kier molecular flexibility index (Phi) is 6.27. The molecule has 0 unspecified atom stereocenters. The SMILES string of the molecule is c1ccc(-c2ccc3oc4nc(-c5ccccc5)nc(-c5cc(-n6c7ccccc7c7cc8ccccc8cc76)c6c(c5)oc5ccccc56)c4c3c2)cc1. The minimum Gasteiger partial charge on any atom is -0.456 e. The van der Waals surface area contributed by atoms with Crippen LogP contribution >= 0.6 is 0 Å². The summed E-state index contributed by atoms with van der Waals surface area (Å²) in [4.78, 5) is 10.4. The molecule has 0 aliphatic heterocycles. The van der Waals surface area contributed by atoms with E-state index in [1.165, 1.54) is 21.5 Å². The second-order valence-corrected chi connectivity index (χ2v) is 14.2. The van der Waals surface area contributed by atoms with Crippen molar-refractivity contribution in [2.75, 3.05) is 0 Å². The van der Waals surface area contributed by atoms with E-state index < -0.39 is 0 Å². The quantitative estimate of drug-likeness (QED) is 0.183. The molecule has 55 heavy (non-hydrogen) atoms. The van der Waals surface area contributed by atoms with Crippen LogP contribution < -0.4 is 0 Å². The highest BCUT2D eigenvalue weighted by Crippen LogP contribution is 2.44. The van der Waals surface area contributed by atoms with Gasteiger partial charge >= 0.3 is 0 Å². The van der Waals surface area contributed by atoms with Gasteiger partial charge in [-0.3, -0.25) is 0 Å². The zero-order chi connectivity index (χ0) is 36.0. The highest BCUT2D eigenvalue weighted by molar-refractivity contribution is 6.18. The molecule has 0 saturated carbocycles. The maximum Gasteiger partial charge on any atom is 0.231 e. The van der Waals surface area contributed by atoms with Crippen LogP contribution in [0.2, 0.25) is 0 Å². The third-order valence-corrected chi connectivity index (χ3v) is 11.0. The van der Waals surface area contributed by atoms with Gasteiger partial charge in [0.05, 0.1) is 33.2 Å². The molecule has 0 aliphatic rings. The lowest BCUT2D eigenvalue weighted by Gasteiger charge is -2.13. The average molecular weight is 704 g/mol. The second kappa shape index (κ2) is 11.5. The molecule has 0 atom stereocenters. The normalized spacial score (nSPS) is 12.0. The Morgan fingerprint density at radius 1 is 0.382 bits per heavy atom. The first kappa shape index (κ1) is 30.0. The number of rotatable bonds is 4. The van der Waals surface area contributed by atoms with Gasteiger partial charge < -0.3 is 13.4 Å². The molecule has 0 aliphatic carbocycles. The van der Waals surface area contributed by atoms with E-state index in [1.54, 1.807) is 0 Å².